The molecule has 2 nitrogen and oxygen atoms in total. The van der Waals surface area contributed by atoms with Crippen LogP contribution >= 0.6 is 0 Å². The Labute approximate surface area is 127 Å². The first-order valence-electron chi connectivity index (χ1n) is 8.16. The topological polar surface area (TPSA) is 13.7 Å². The number of likely N-dealkylation sites (tertiary alicyclic amines) is 1. The Bertz CT molecular complexity index is 585. The maximum atomic E-state index is 5.97. The molecular formula is C19H26NO+. The van der Waals surface area contributed by atoms with Crippen LogP contribution in [0.1, 0.15) is 20.3 Å². The van der Waals surface area contributed by atoms with Gasteiger partial charge in [-0.3, -0.25) is 0 Å². The molecule has 3 rings (SSSR count). The van der Waals surface area contributed by atoms with Crippen LogP contribution in [0.4, 0.5) is 0 Å². The van der Waals surface area contributed by atoms with E-state index in [2.05, 4.69) is 56.3 Å². The molecule has 0 aromatic heterocycles. The Morgan fingerprint density at radius 1 is 1.00 bits per heavy atom. The van der Waals surface area contributed by atoms with Crippen LogP contribution in [-0.2, 0) is 0 Å². The average Bonchev–Trinajstić information content (AvgIpc) is 2.46. The van der Waals surface area contributed by atoms with Gasteiger partial charge < -0.3 is 9.64 Å². The summed E-state index contributed by atoms with van der Waals surface area (Å²) in [5.41, 5.74) is 0. The normalized spacial score (nSPS) is 25.9. The van der Waals surface area contributed by atoms with Gasteiger partial charge >= 0.3 is 0 Å². The van der Waals surface area contributed by atoms with Crippen molar-refractivity contribution in [2.24, 2.45) is 11.8 Å². The fraction of sp³-hybridized carbons (Fsp3) is 0.474. The minimum absolute atomic E-state index is 0.813. The number of benzene rings is 2. The molecule has 21 heavy (non-hydrogen) atoms. The molecule has 0 aliphatic carbocycles. The summed E-state index contributed by atoms with van der Waals surface area (Å²) in [6, 6.07) is 14.8. The number of hydrogen-bond acceptors (Lipinski definition) is 1. The van der Waals surface area contributed by atoms with Crippen LogP contribution in [0.5, 0.6) is 5.75 Å². The van der Waals surface area contributed by atoms with Gasteiger partial charge in [0, 0.05) is 11.8 Å². The zero-order chi connectivity index (χ0) is 14.7. The quantitative estimate of drug-likeness (QED) is 0.911. The Hall–Kier alpha value is -1.54. The van der Waals surface area contributed by atoms with Crippen molar-refractivity contribution in [3.05, 3.63) is 42.5 Å². The molecule has 0 unspecified atom stereocenters. The van der Waals surface area contributed by atoms with E-state index in [0.717, 1.165) is 30.7 Å². The number of fused-ring (bicyclic) bond motifs is 1. The number of quaternary nitrogens is 1. The van der Waals surface area contributed by atoms with Crippen molar-refractivity contribution in [3.63, 3.8) is 0 Å². The molecule has 1 saturated heterocycles. The maximum absolute atomic E-state index is 5.97. The smallest absolute Gasteiger partial charge is 0.137 e. The lowest BCUT2D eigenvalue weighted by Crippen LogP contribution is -3.14. The van der Waals surface area contributed by atoms with E-state index < -0.39 is 0 Å². The zero-order valence-corrected chi connectivity index (χ0v) is 13.1. The highest BCUT2D eigenvalue weighted by atomic mass is 16.5. The van der Waals surface area contributed by atoms with Gasteiger partial charge in [-0.15, -0.1) is 0 Å². The van der Waals surface area contributed by atoms with E-state index in [0.29, 0.717) is 0 Å². The molecule has 1 heterocycles. The lowest BCUT2D eigenvalue weighted by molar-refractivity contribution is -0.912. The van der Waals surface area contributed by atoms with Crippen molar-refractivity contribution in [2.45, 2.75) is 20.3 Å². The average molecular weight is 284 g/mol. The second-order valence-electron chi connectivity index (χ2n) is 6.71. The van der Waals surface area contributed by atoms with Gasteiger partial charge in [-0.25, -0.2) is 0 Å². The minimum atomic E-state index is 0.813. The van der Waals surface area contributed by atoms with E-state index in [9.17, 15) is 0 Å². The second-order valence-corrected chi connectivity index (χ2v) is 6.71. The third-order valence-corrected chi connectivity index (χ3v) is 4.52. The Kier molecular flexibility index (Phi) is 4.45. The van der Waals surface area contributed by atoms with Crippen molar-refractivity contribution in [3.8, 4) is 5.75 Å². The fourth-order valence-electron chi connectivity index (χ4n) is 3.70. The largest absolute Gasteiger partial charge is 0.488 e. The van der Waals surface area contributed by atoms with Crippen LogP contribution in [0, 0.1) is 11.8 Å². The molecule has 112 valence electrons. The first-order chi connectivity index (χ1) is 10.2. The zero-order valence-electron chi connectivity index (χ0n) is 13.1. The van der Waals surface area contributed by atoms with E-state index in [-0.39, 0.29) is 0 Å². The maximum Gasteiger partial charge on any atom is 0.137 e. The highest BCUT2D eigenvalue weighted by molar-refractivity contribution is 5.83. The van der Waals surface area contributed by atoms with Crippen molar-refractivity contribution >= 4 is 10.8 Å². The van der Waals surface area contributed by atoms with Gasteiger partial charge in [0.15, 0.2) is 0 Å². The van der Waals surface area contributed by atoms with Crippen LogP contribution in [0.2, 0.25) is 0 Å². The number of piperidine rings is 1. The third-order valence-electron chi connectivity index (χ3n) is 4.52. The fourth-order valence-corrected chi connectivity index (χ4v) is 3.70. The first kappa shape index (κ1) is 14.4. The summed E-state index contributed by atoms with van der Waals surface area (Å²) < 4.78 is 5.97. The predicted octanol–water partition coefficient (Wildman–Crippen LogP) is 2.78. The van der Waals surface area contributed by atoms with Crippen LogP contribution in [0.25, 0.3) is 10.8 Å². The molecule has 1 N–H and O–H groups in total. The number of nitrogens with one attached hydrogen (secondary N) is 1. The Balaban J connectivity index is 1.54. The van der Waals surface area contributed by atoms with Crippen LogP contribution in [0.15, 0.2) is 42.5 Å². The van der Waals surface area contributed by atoms with Crippen molar-refractivity contribution < 1.29 is 9.64 Å². The lowest BCUT2D eigenvalue weighted by Gasteiger charge is -2.31. The van der Waals surface area contributed by atoms with E-state index in [1.807, 2.05) is 0 Å². The molecule has 2 heteroatoms. The molecule has 0 saturated carbocycles. The molecule has 0 bridgehead atoms. The van der Waals surface area contributed by atoms with E-state index >= 15 is 0 Å². The Morgan fingerprint density at radius 3 is 2.48 bits per heavy atom. The van der Waals surface area contributed by atoms with Crippen molar-refractivity contribution in [1.82, 2.24) is 0 Å². The van der Waals surface area contributed by atoms with E-state index in [1.54, 1.807) is 4.90 Å². The van der Waals surface area contributed by atoms with E-state index in [1.165, 1.54) is 30.3 Å². The molecule has 2 atom stereocenters. The summed E-state index contributed by atoms with van der Waals surface area (Å²) in [6.07, 6.45) is 1.38. The van der Waals surface area contributed by atoms with Crippen LogP contribution in [-0.4, -0.2) is 26.2 Å². The summed E-state index contributed by atoms with van der Waals surface area (Å²) in [5, 5.41) is 2.52. The van der Waals surface area contributed by atoms with E-state index in [4.69, 9.17) is 4.74 Å². The highest BCUT2D eigenvalue weighted by Crippen LogP contribution is 2.20. The molecule has 2 aromatic carbocycles. The van der Waals surface area contributed by atoms with Gasteiger partial charge in [0.25, 0.3) is 0 Å². The Morgan fingerprint density at radius 2 is 1.71 bits per heavy atom. The molecule has 1 fully saturated rings. The van der Waals surface area contributed by atoms with Gasteiger partial charge in [0.2, 0.25) is 0 Å². The van der Waals surface area contributed by atoms with Gasteiger partial charge in [-0.2, -0.15) is 0 Å². The third kappa shape index (κ3) is 3.76. The van der Waals surface area contributed by atoms with Crippen molar-refractivity contribution in [2.75, 3.05) is 26.2 Å². The molecule has 0 spiro atoms. The summed E-state index contributed by atoms with van der Waals surface area (Å²) in [7, 11) is 0. The van der Waals surface area contributed by atoms with Gasteiger partial charge in [-0.05, 0) is 29.3 Å². The summed E-state index contributed by atoms with van der Waals surface area (Å²) in [6.45, 7) is 9.27. The van der Waals surface area contributed by atoms with Gasteiger partial charge in [0.1, 0.15) is 18.9 Å². The minimum Gasteiger partial charge on any atom is -0.488 e. The number of rotatable bonds is 4. The van der Waals surface area contributed by atoms with Gasteiger partial charge in [-0.1, -0.05) is 44.2 Å². The number of hydrogen-bond donors (Lipinski definition) is 1. The SMILES string of the molecule is C[C@@H]1C[C@@H](C)C[NH+](CCOc2ccc3ccccc3c2)C1. The number of ether oxygens (including phenoxy) is 1. The summed E-state index contributed by atoms with van der Waals surface area (Å²) in [4.78, 5) is 1.70. The molecule has 1 aliphatic rings. The predicted molar refractivity (Wildman–Crippen MR) is 88.0 cm³/mol. The highest BCUT2D eigenvalue weighted by Gasteiger charge is 2.24. The van der Waals surface area contributed by atoms with Crippen molar-refractivity contribution in [1.29, 1.82) is 0 Å². The molecule has 1 aliphatic heterocycles. The molecule has 0 amide bonds. The van der Waals surface area contributed by atoms with Crippen LogP contribution in [0.3, 0.4) is 0 Å². The lowest BCUT2D eigenvalue weighted by atomic mass is 9.92. The summed E-state index contributed by atoms with van der Waals surface area (Å²) >= 11 is 0. The molecule has 0 radical (unpaired) electrons. The standard InChI is InChI=1S/C19H25NO/c1-15-11-16(2)14-20(13-15)9-10-21-19-8-7-17-5-3-4-6-18(17)12-19/h3-8,12,15-16H,9-11,13-14H2,1-2H3/p+1/t15-,16-/m1/s1. The van der Waals surface area contributed by atoms with Gasteiger partial charge in [0.05, 0.1) is 13.1 Å². The molecular weight excluding hydrogens is 258 g/mol. The molecule has 2 aromatic rings. The monoisotopic (exact) mass is 284 g/mol. The summed E-state index contributed by atoms with van der Waals surface area (Å²) in [5.74, 6) is 2.69. The second kappa shape index (κ2) is 6.48. The first-order valence-corrected chi connectivity index (χ1v) is 8.16. The van der Waals surface area contributed by atoms with Crippen LogP contribution < -0.4 is 9.64 Å².